The van der Waals surface area contributed by atoms with Crippen LogP contribution >= 0.6 is 0 Å². The molecule has 7 heteroatoms. The summed E-state index contributed by atoms with van der Waals surface area (Å²) in [7, 11) is 0. The third kappa shape index (κ3) is 3.83. The molecule has 0 aromatic heterocycles. The van der Waals surface area contributed by atoms with Gasteiger partial charge < -0.3 is 9.80 Å². The fourth-order valence-corrected chi connectivity index (χ4v) is 2.57. The predicted molar refractivity (Wildman–Crippen MR) is 78.3 cm³/mol. The standard InChI is InChI=1S/C16H19F3N2O2/c1-10(2)9-21-8-7-20(6-5-13(21)22)16(23)11-3-4-12(17)15(19)14(11)18/h3-4,10H,5-9H2,1-2H3. The van der Waals surface area contributed by atoms with E-state index in [4.69, 9.17) is 0 Å². The van der Waals surface area contributed by atoms with Crippen LogP contribution in [0.25, 0.3) is 0 Å². The van der Waals surface area contributed by atoms with Crippen molar-refractivity contribution in [2.75, 3.05) is 26.2 Å². The van der Waals surface area contributed by atoms with Crippen LogP contribution in [0.3, 0.4) is 0 Å². The van der Waals surface area contributed by atoms with Crippen LogP contribution in [0.1, 0.15) is 30.6 Å². The van der Waals surface area contributed by atoms with E-state index in [-0.39, 0.29) is 25.4 Å². The highest BCUT2D eigenvalue weighted by Gasteiger charge is 2.27. The molecule has 1 heterocycles. The van der Waals surface area contributed by atoms with E-state index in [9.17, 15) is 22.8 Å². The molecule has 4 nitrogen and oxygen atoms in total. The van der Waals surface area contributed by atoms with Gasteiger partial charge in [-0.15, -0.1) is 0 Å². The molecule has 0 bridgehead atoms. The summed E-state index contributed by atoms with van der Waals surface area (Å²) in [6.45, 7) is 5.25. The number of benzene rings is 1. The monoisotopic (exact) mass is 328 g/mol. The van der Waals surface area contributed by atoms with Crippen molar-refractivity contribution in [3.05, 3.63) is 35.1 Å². The van der Waals surface area contributed by atoms with E-state index in [1.54, 1.807) is 4.90 Å². The SMILES string of the molecule is CC(C)CN1CCN(C(=O)c2ccc(F)c(F)c2F)CCC1=O. The number of hydrogen-bond donors (Lipinski definition) is 0. The van der Waals surface area contributed by atoms with E-state index in [1.807, 2.05) is 13.8 Å². The Morgan fingerprint density at radius 2 is 1.83 bits per heavy atom. The number of carbonyl (C=O) groups excluding carboxylic acids is 2. The second kappa shape index (κ2) is 7.02. The van der Waals surface area contributed by atoms with Gasteiger partial charge in [0.25, 0.3) is 5.91 Å². The van der Waals surface area contributed by atoms with Crippen LogP contribution in [0.2, 0.25) is 0 Å². The highest BCUT2D eigenvalue weighted by atomic mass is 19.2. The second-order valence-corrected chi connectivity index (χ2v) is 6.00. The lowest BCUT2D eigenvalue weighted by molar-refractivity contribution is -0.130. The van der Waals surface area contributed by atoms with Crippen molar-refractivity contribution in [1.29, 1.82) is 0 Å². The molecule has 0 saturated carbocycles. The lowest BCUT2D eigenvalue weighted by Crippen LogP contribution is -2.37. The van der Waals surface area contributed by atoms with Crippen molar-refractivity contribution >= 4 is 11.8 Å². The van der Waals surface area contributed by atoms with Crippen LogP contribution in [0.15, 0.2) is 12.1 Å². The van der Waals surface area contributed by atoms with Crippen LogP contribution in [-0.2, 0) is 4.79 Å². The van der Waals surface area contributed by atoms with E-state index in [0.29, 0.717) is 19.0 Å². The summed E-state index contributed by atoms with van der Waals surface area (Å²) < 4.78 is 40.0. The summed E-state index contributed by atoms with van der Waals surface area (Å²) in [4.78, 5) is 27.3. The van der Waals surface area contributed by atoms with Gasteiger partial charge >= 0.3 is 0 Å². The van der Waals surface area contributed by atoms with Gasteiger partial charge in [-0.2, -0.15) is 0 Å². The molecule has 0 N–H and O–H groups in total. The van der Waals surface area contributed by atoms with Gasteiger partial charge in [0.15, 0.2) is 17.5 Å². The summed E-state index contributed by atoms with van der Waals surface area (Å²) >= 11 is 0. The maximum atomic E-state index is 13.8. The van der Waals surface area contributed by atoms with Gasteiger partial charge in [-0.3, -0.25) is 9.59 Å². The predicted octanol–water partition coefficient (Wildman–Crippen LogP) is 2.43. The maximum Gasteiger partial charge on any atom is 0.257 e. The molecule has 0 aliphatic carbocycles. The lowest BCUT2D eigenvalue weighted by Gasteiger charge is -2.23. The number of amides is 2. The van der Waals surface area contributed by atoms with Crippen molar-refractivity contribution < 1.29 is 22.8 Å². The molecule has 0 radical (unpaired) electrons. The van der Waals surface area contributed by atoms with Gasteiger partial charge in [-0.05, 0) is 18.1 Å². The summed E-state index contributed by atoms with van der Waals surface area (Å²) in [6, 6.07) is 1.65. The Hall–Kier alpha value is -2.05. The number of carbonyl (C=O) groups is 2. The first kappa shape index (κ1) is 17.3. The number of rotatable bonds is 3. The molecule has 1 aliphatic heterocycles. The first-order chi connectivity index (χ1) is 10.8. The maximum absolute atomic E-state index is 13.8. The molecule has 1 fully saturated rings. The minimum absolute atomic E-state index is 0.0697. The number of hydrogen-bond acceptors (Lipinski definition) is 2. The van der Waals surface area contributed by atoms with Crippen LogP contribution in [0.5, 0.6) is 0 Å². The zero-order valence-corrected chi connectivity index (χ0v) is 13.1. The Kier molecular flexibility index (Phi) is 5.28. The highest BCUT2D eigenvalue weighted by Crippen LogP contribution is 2.18. The Morgan fingerprint density at radius 1 is 1.13 bits per heavy atom. The molecule has 2 rings (SSSR count). The van der Waals surface area contributed by atoms with Crippen LogP contribution < -0.4 is 0 Å². The van der Waals surface area contributed by atoms with Crippen molar-refractivity contribution in [2.24, 2.45) is 5.92 Å². The van der Waals surface area contributed by atoms with Crippen molar-refractivity contribution in [1.82, 2.24) is 9.80 Å². The smallest absolute Gasteiger partial charge is 0.257 e. The van der Waals surface area contributed by atoms with Gasteiger partial charge in [0.05, 0.1) is 5.56 Å². The molecule has 1 aromatic carbocycles. The molecule has 2 amide bonds. The average Bonchev–Trinajstić information content (AvgIpc) is 2.67. The second-order valence-electron chi connectivity index (χ2n) is 6.00. The van der Waals surface area contributed by atoms with Crippen LogP contribution in [0, 0.1) is 23.4 Å². The number of nitrogens with zero attached hydrogens (tertiary/aromatic N) is 2. The molecule has 0 unspecified atom stereocenters. The zero-order chi connectivity index (χ0) is 17.1. The quantitative estimate of drug-likeness (QED) is 0.800. The van der Waals surface area contributed by atoms with Crippen LogP contribution in [0.4, 0.5) is 13.2 Å². The Balaban J connectivity index is 2.15. The van der Waals surface area contributed by atoms with Gasteiger partial charge in [-0.25, -0.2) is 13.2 Å². The molecule has 23 heavy (non-hydrogen) atoms. The van der Waals surface area contributed by atoms with E-state index in [1.165, 1.54) is 4.90 Å². The summed E-state index contributed by atoms with van der Waals surface area (Å²) in [6.07, 6.45) is 0.129. The Morgan fingerprint density at radius 3 is 2.48 bits per heavy atom. The van der Waals surface area contributed by atoms with Crippen LogP contribution in [-0.4, -0.2) is 47.8 Å². The summed E-state index contributed by atoms with van der Waals surface area (Å²) in [5.41, 5.74) is -0.520. The van der Waals surface area contributed by atoms with Gasteiger partial charge in [0.2, 0.25) is 5.91 Å². The first-order valence-corrected chi connectivity index (χ1v) is 7.51. The largest absolute Gasteiger partial charge is 0.341 e. The van der Waals surface area contributed by atoms with Gasteiger partial charge in [0.1, 0.15) is 0 Å². The van der Waals surface area contributed by atoms with Crippen molar-refractivity contribution in [2.45, 2.75) is 20.3 Å². The summed E-state index contributed by atoms with van der Waals surface area (Å²) in [5.74, 6) is -5.01. The molecule has 1 aromatic rings. The molecule has 0 atom stereocenters. The fraction of sp³-hybridized carbons (Fsp3) is 0.500. The van der Waals surface area contributed by atoms with E-state index in [2.05, 4.69) is 0 Å². The Labute approximate surface area is 132 Å². The fourth-order valence-electron chi connectivity index (χ4n) is 2.57. The van der Waals surface area contributed by atoms with Crippen molar-refractivity contribution in [3.8, 4) is 0 Å². The summed E-state index contributed by atoms with van der Waals surface area (Å²) in [5, 5.41) is 0. The van der Waals surface area contributed by atoms with E-state index in [0.717, 1.165) is 12.1 Å². The average molecular weight is 328 g/mol. The van der Waals surface area contributed by atoms with E-state index >= 15 is 0 Å². The topological polar surface area (TPSA) is 40.6 Å². The molecular weight excluding hydrogens is 309 g/mol. The molecule has 126 valence electrons. The zero-order valence-electron chi connectivity index (χ0n) is 13.1. The highest BCUT2D eigenvalue weighted by molar-refractivity contribution is 5.95. The number of halogens is 3. The lowest BCUT2D eigenvalue weighted by atomic mass is 10.1. The molecule has 1 aliphatic rings. The van der Waals surface area contributed by atoms with Gasteiger partial charge in [0, 0.05) is 32.6 Å². The molecular formula is C16H19F3N2O2. The Bertz CT molecular complexity index is 620. The van der Waals surface area contributed by atoms with Gasteiger partial charge in [-0.1, -0.05) is 13.8 Å². The third-order valence-corrected chi connectivity index (χ3v) is 3.73. The first-order valence-electron chi connectivity index (χ1n) is 7.51. The minimum atomic E-state index is -1.66. The normalized spacial score (nSPS) is 16.0. The molecule has 0 spiro atoms. The van der Waals surface area contributed by atoms with E-state index < -0.39 is 28.9 Å². The minimum Gasteiger partial charge on any atom is -0.341 e. The third-order valence-electron chi connectivity index (χ3n) is 3.73. The van der Waals surface area contributed by atoms with Crippen molar-refractivity contribution in [3.63, 3.8) is 0 Å². The molecule has 1 saturated heterocycles.